The van der Waals surface area contributed by atoms with E-state index < -0.39 is 0 Å². The van der Waals surface area contributed by atoms with Crippen LogP contribution in [0.5, 0.6) is 0 Å². The lowest BCUT2D eigenvalue weighted by Gasteiger charge is -2.09. The number of nitrogens with one attached hydrogen (secondary N) is 1. The van der Waals surface area contributed by atoms with E-state index in [1.807, 2.05) is 0 Å². The third-order valence-corrected chi connectivity index (χ3v) is 2.27. The zero-order chi connectivity index (χ0) is 9.14. The maximum absolute atomic E-state index is 5.13. The van der Waals surface area contributed by atoms with Crippen molar-refractivity contribution in [3.05, 3.63) is 22.2 Å². The van der Waals surface area contributed by atoms with E-state index in [4.69, 9.17) is 12.2 Å². The summed E-state index contributed by atoms with van der Waals surface area (Å²) in [6, 6.07) is 0. The van der Waals surface area contributed by atoms with E-state index in [1.54, 1.807) is 6.33 Å². The van der Waals surface area contributed by atoms with Crippen molar-refractivity contribution in [2.45, 2.75) is 33.1 Å². The molecule has 0 unspecified atom stereocenters. The van der Waals surface area contributed by atoms with E-state index in [9.17, 15) is 0 Å². The predicted octanol–water partition coefficient (Wildman–Crippen LogP) is 2.82. The van der Waals surface area contributed by atoms with Crippen LogP contribution in [-0.2, 0) is 6.42 Å². The number of rotatable bonds is 2. The van der Waals surface area contributed by atoms with E-state index >= 15 is 0 Å². The van der Waals surface area contributed by atoms with Crippen LogP contribution in [0.2, 0.25) is 0 Å². The van der Waals surface area contributed by atoms with E-state index in [0.717, 1.165) is 11.1 Å². The van der Waals surface area contributed by atoms with Gasteiger partial charge >= 0.3 is 0 Å². The quantitative estimate of drug-likeness (QED) is 0.712. The van der Waals surface area contributed by atoms with Crippen molar-refractivity contribution in [1.29, 1.82) is 0 Å². The van der Waals surface area contributed by atoms with Gasteiger partial charge in [0.15, 0.2) is 0 Å². The highest BCUT2D eigenvalue weighted by atomic mass is 32.1. The van der Waals surface area contributed by atoms with Gasteiger partial charge in [-0.1, -0.05) is 33.0 Å². The van der Waals surface area contributed by atoms with Gasteiger partial charge < -0.3 is 4.98 Å². The van der Waals surface area contributed by atoms with E-state index in [2.05, 4.69) is 30.7 Å². The molecule has 3 heteroatoms. The summed E-state index contributed by atoms with van der Waals surface area (Å²) in [6.45, 7) is 6.41. The summed E-state index contributed by atoms with van der Waals surface area (Å²) in [4.78, 5) is 7.20. The summed E-state index contributed by atoms with van der Waals surface area (Å²) in [5.74, 6) is 0.490. The Bertz CT molecular complexity index is 315. The van der Waals surface area contributed by atoms with Gasteiger partial charge in [0, 0.05) is 11.3 Å². The fourth-order valence-electron chi connectivity index (χ4n) is 1.30. The molecule has 0 spiro atoms. The number of aromatic nitrogens is 2. The molecule has 0 saturated heterocycles. The molecule has 0 aliphatic rings. The molecule has 0 saturated carbocycles. The van der Waals surface area contributed by atoms with Crippen LogP contribution in [0.3, 0.4) is 0 Å². The molecule has 0 amide bonds. The largest absolute Gasteiger partial charge is 0.349 e. The summed E-state index contributed by atoms with van der Waals surface area (Å²) in [6.07, 6.45) is 2.63. The first kappa shape index (κ1) is 9.39. The van der Waals surface area contributed by atoms with Crippen molar-refractivity contribution in [1.82, 2.24) is 9.97 Å². The van der Waals surface area contributed by atoms with Crippen LogP contribution in [0.15, 0.2) is 6.33 Å². The second kappa shape index (κ2) is 3.81. The summed E-state index contributed by atoms with van der Waals surface area (Å²) >= 11 is 5.13. The Hall–Kier alpha value is -0.700. The number of hydrogen-bond acceptors (Lipinski definition) is 2. The Kier molecular flexibility index (Phi) is 2.98. The molecule has 1 aromatic rings. The third kappa shape index (κ3) is 1.72. The third-order valence-electron chi connectivity index (χ3n) is 1.92. The molecule has 66 valence electrons. The van der Waals surface area contributed by atoms with E-state index in [1.165, 1.54) is 11.3 Å². The maximum atomic E-state index is 5.13. The Balaban J connectivity index is 3.28. The highest BCUT2D eigenvalue weighted by molar-refractivity contribution is 7.71. The van der Waals surface area contributed by atoms with Crippen LogP contribution >= 0.6 is 12.2 Å². The van der Waals surface area contributed by atoms with Crippen molar-refractivity contribution in [3.8, 4) is 0 Å². The van der Waals surface area contributed by atoms with Gasteiger partial charge in [-0.15, -0.1) is 0 Å². The lowest BCUT2D eigenvalue weighted by atomic mass is 10.0. The second-order valence-electron chi connectivity index (χ2n) is 3.11. The van der Waals surface area contributed by atoms with Crippen LogP contribution in [-0.4, -0.2) is 9.97 Å². The summed E-state index contributed by atoms with van der Waals surface area (Å²) in [7, 11) is 0. The standard InChI is InChI=1S/C9H14N2S/c1-4-7-8(6(2)3)10-5-11-9(7)12/h5-6H,4H2,1-3H3,(H,10,11,12). The summed E-state index contributed by atoms with van der Waals surface area (Å²) < 4.78 is 0.736. The Labute approximate surface area is 78.1 Å². The molecule has 0 radical (unpaired) electrons. The summed E-state index contributed by atoms with van der Waals surface area (Å²) in [5.41, 5.74) is 2.40. The maximum Gasteiger partial charge on any atom is 0.132 e. The molecule has 0 bridgehead atoms. The number of aromatic amines is 1. The molecule has 0 aromatic carbocycles. The van der Waals surface area contributed by atoms with Crippen molar-refractivity contribution >= 4 is 12.2 Å². The minimum absolute atomic E-state index is 0.490. The van der Waals surface area contributed by atoms with Gasteiger partial charge in [-0.2, -0.15) is 0 Å². The molecule has 0 fully saturated rings. The van der Waals surface area contributed by atoms with Crippen LogP contribution in [0.1, 0.15) is 37.9 Å². The minimum atomic E-state index is 0.490. The normalized spacial score (nSPS) is 10.7. The molecule has 12 heavy (non-hydrogen) atoms. The first-order valence-electron chi connectivity index (χ1n) is 4.23. The average Bonchev–Trinajstić information content (AvgIpc) is 2.03. The highest BCUT2D eigenvalue weighted by Crippen LogP contribution is 2.16. The molecule has 0 aliphatic carbocycles. The Morgan fingerprint density at radius 2 is 2.25 bits per heavy atom. The fourth-order valence-corrected chi connectivity index (χ4v) is 1.60. The molecular weight excluding hydrogens is 168 g/mol. The number of nitrogens with zero attached hydrogens (tertiary/aromatic N) is 1. The molecule has 1 rings (SSSR count). The molecular formula is C9H14N2S. The first-order valence-corrected chi connectivity index (χ1v) is 4.64. The van der Waals surface area contributed by atoms with Gasteiger partial charge in [-0.3, -0.25) is 0 Å². The van der Waals surface area contributed by atoms with Crippen LogP contribution in [0.4, 0.5) is 0 Å². The first-order chi connectivity index (χ1) is 5.66. The van der Waals surface area contributed by atoms with E-state index in [-0.39, 0.29) is 0 Å². The van der Waals surface area contributed by atoms with Gasteiger partial charge in [0.05, 0.1) is 6.33 Å². The van der Waals surface area contributed by atoms with Crippen LogP contribution in [0, 0.1) is 4.64 Å². The van der Waals surface area contributed by atoms with Crippen molar-refractivity contribution < 1.29 is 0 Å². The molecule has 1 aromatic heterocycles. The van der Waals surface area contributed by atoms with Crippen LogP contribution in [0.25, 0.3) is 0 Å². The van der Waals surface area contributed by atoms with Crippen molar-refractivity contribution in [2.75, 3.05) is 0 Å². The van der Waals surface area contributed by atoms with E-state index in [0.29, 0.717) is 5.92 Å². The van der Waals surface area contributed by atoms with Gasteiger partial charge in [0.2, 0.25) is 0 Å². The molecule has 1 N–H and O–H groups in total. The molecule has 2 nitrogen and oxygen atoms in total. The number of H-pyrrole nitrogens is 1. The topological polar surface area (TPSA) is 28.7 Å². The zero-order valence-corrected chi connectivity index (χ0v) is 8.53. The Morgan fingerprint density at radius 1 is 1.58 bits per heavy atom. The Morgan fingerprint density at radius 3 is 2.67 bits per heavy atom. The van der Waals surface area contributed by atoms with Crippen molar-refractivity contribution in [2.24, 2.45) is 0 Å². The van der Waals surface area contributed by atoms with Gasteiger partial charge in [0.1, 0.15) is 4.64 Å². The smallest absolute Gasteiger partial charge is 0.132 e. The lowest BCUT2D eigenvalue weighted by molar-refractivity contribution is 0.786. The summed E-state index contributed by atoms with van der Waals surface area (Å²) in [5, 5.41) is 0. The lowest BCUT2D eigenvalue weighted by Crippen LogP contribution is -2.01. The fraction of sp³-hybridized carbons (Fsp3) is 0.556. The molecule has 0 atom stereocenters. The number of hydrogen-bond donors (Lipinski definition) is 1. The molecule has 0 aliphatic heterocycles. The van der Waals surface area contributed by atoms with Gasteiger partial charge in [-0.05, 0) is 12.3 Å². The predicted molar refractivity (Wildman–Crippen MR) is 52.9 cm³/mol. The van der Waals surface area contributed by atoms with Gasteiger partial charge in [0.25, 0.3) is 0 Å². The minimum Gasteiger partial charge on any atom is -0.349 e. The van der Waals surface area contributed by atoms with Gasteiger partial charge in [-0.25, -0.2) is 4.98 Å². The SMILES string of the molecule is CCc1c(C(C)C)[nH]cnc1=S. The average molecular weight is 182 g/mol. The van der Waals surface area contributed by atoms with Crippen LogP contribution < -0.4 is 0 Å². The highest BCUT2D eigenvalue weighted by Gasteiger charge is 2.06. The van der Waals surface area contributed by atoms with Crippen molar-refractivity contribution in [3.63, 3.8) is 0 Å². The molecule has 1 heterocycles. The second-order valence-corrected chi connectivity index (χ2v) is 3.49. The monoisotopic (exact) mass is 182 g/mol. The zero-order valence-electron chi connectivity index (χ0n) is 7.72.